The lowest BCUT2D eigenvalue weighted by atomic mass is 9.96. The molecule has 8 heteroatoms. The first-order valence-corrected chi connectivity index (χ1v) is 11.4. The number of nitrogens with one attached hydrogen (secondary N) is 1. The fourth-order valence-corrected chi connectivity index (χ4v) is 4.35. The second-order valence-electron chi connectivity index (χ2n) is 8.35. The summed E-state index contributed by atoms with van der Waals surface area (Å²) in [6, 6.07) is 19.2. The van der Waals surface area contributed by atoms with Gasteiger partial charge in [0.05, 0.1) is 30.0 Å². The minimum Gasteiger partial charge on any atom is -0.350 e. The summed E-state index contributed by atoms with van der Waals surface area (Å²) in [7, 11) is 0. The summed E-state index contributed by atoms with van der Waals surface area (Å²) in [6.45, 7) is 1.38. The second-order valence-corrected chi connectivity index (χ2v) is 8.35. The molecule has 0 aliphatic carbocycles. The van der Waals surface area contributed by atoms with Crippen LogP contribution < -0.4 is 5.32 Å². The van der Waals surface area contributed by atoms with Crippen molar-refractivity contribution in [1.29, 1.82) is 0 Å². The molecule has 2 amide bonds. The normalized spacial score (nSPS) is 15.8. The van der Waals surface area contributed by atoms with E-state index in [2.05, 4.69) is 15.4 Å². The Morgan fingerprint density at radius 3 is 2.56 bits per heavy atom. The highest BCUT2D eigenvalue weighted by Gasteiger charge is 2.31. The first-order chi connectivity index (χ1) is 16.7. The molecule has 0 bridgehead atoms. The Balaban J connectivity index is 1.35. The van der Waals surface area contributed by atoms with Crippen LogP contribution in [0.15, 0.2) is 85.5 Å². The molecule has 8 nitrogen and oxygen atoms in total. The van der Waals surface area contributed by atoms with Crippen LogP contribution >= 0.6 is 0 Å². The van der Waals surface area contributed by atoms with E-state index in [1.54, 1.807) is 22.0 Å². The van der Waals surface area contributed by atoms with Crippen molar-refractivity contribution in [2.45, 2.75) is 19.4 Å². The molecule has 0 spiro atoms. The molecule has 5 rings (SSSR count). The van der Waals surface area contributed by atoms with E-state index in [4.69, 9.17) is 0 Å². The quantitative estimate of drug-likeness (QED) is 0.485. The first kappa shape index (κ1) is 21.6. The monoisotopic (exact) mass is 454 g/mol. The molecule has 4 aromatic rings. The Hall–Kier alpha value is -4.20. The lowest BCUT2D eigenvalue weighted by Gasteiger charge is -2.32. The summed E-state index contributed by atoms with van der Waals surface area (Å²) >= 11 is 0. The molecule has 1 atom stereocenters. The predicted octanol–water partition coefficient (Wildman–Crippen LogP) is 3.23. The minimum absolute atomic E-state index is 0.0474. The number of benzene rings is 1. The third-order valence-electron chi connectivity index (χ3n) is 6.07. The average molecular weight is 455 g/mol. The number of piperidine rings is 1. The Labute approximate surface area is 197 Å². The number of para-hydroxylation sites is 1. The highest BCUT2D eigenvalue weighted by atomic mass is 16.2. The van der Waals surface area contributed by atoms with Crippen LogP contribution in [0.4, 0.5) is 0 Å². The molecule has 1 N–H and O–H groups in total. The van der Waals surface area contributed by atoms with Gasteiger partial charge in [-0.1, -0.05) is 24.3 Å². The van der Waals surface area contributed by atoms with E-state index in [1.807, 2.05) is 77.6 Å². The van der Waals surface area contributed by atoms with Crippen molar-refractivity contribution in [1.82, 2.24) is 29.5 Å². The average Bonchev–Trinajstić information content (AvgIpc) is 3.58. The van der Waals surface area contributed by atoms with Gasteiger partial charge in [0.25, 0.3) is 5.91 Å². The molecule has 4 heterocycles. The van der Waals surface area contributed by atoms with Crippen LogP contribution in [-0.2, 0) is 11.3 Å². The molecular formula is C26H26N6O2. The van der Waals surface area contributed by atoms with Crippen molar-refractivity contribution in [3.63, 3.8) is 0 Å². The molecule has 1 aromatic carbocycles. The molecule has 0 saturated carbocycles. The number of likely N-dealkylation sites (tertiary alicyclic amines) is 1. The highest BCUT2D eigenvalue weighted by molar-refractivity contribution is 5.97. The van der Waals surface area contributed by atoms with Crippen molar-refractivity contribution in [3.05, 3.63) is 96.7 Å². The largest absolute Gasteiger partial charge is 0.350 e. The maximum absolute atomic E-state index is 13.6. The smallest absolute Gasteiger partial charge is 0.259 e. The van der Waals surface area contributed by atoms with Crippen LogP contribution in [0, 0.1) is 5.92 Å². The van der Waals surface area contributed by atoms with Gasteiger partial charge in [-0.05, 0) is 49.2 Å². The molecule has 1 aliphatic heterocycles. The maximum atomic E-state index is 13.6. The third-order valence-corrected chi connectivity index (χ3v) is 6.07. The van der Waals surface area contributed by atoms with Gasteiger partial charge in [0, 0.05) is 31.7 Å². The van der Waals surface area contributed by atoms with E-state index >= 15 is 0 Å². The number of aromatic nitrogens is 4. The van der Waals surface area contributed by atoms with Gasteiger partial charge in [0.1, 0.15) is 5.56 Å². The summed E-state index contributed by atoms with van der Waals surface area (Å²) in [4.78, 5) is 32.5. The van der Waals surface area contributed by atoms with E-state index in [9.17, 15) is 9.59 Å². The highest BCUT2D eigenvalue weighted by Crippen LogP contribution is 2.24. The second kappa shape index (κ2) is 9.74. The van der Waals surface area contributed by atoms with Crippen molar-refractivity contribution in [3.8, 4) is 11.5 Å². The molecule has 0 unspecified atom stereocenters. The maximum Gasteiger partial charge on any atom is 0.259 e. The summed E-state index contributed by atoms with van der Waals surface area (Å²) in [6.07, 6.45) is 8.66. The van der Waals surface area contributed by atoms with Gasteiger partial charge in [-0.3, -0.25) is 14.6 Å². The number of hydrogen-bond donors (Lipinski definition) is 1. The summed E-state index contributed by atoms with van der Waals surface area (Å²) in [5.41, 5.74) is 2.19. The zero-order valence-corrected chi connectivity index (χ0v) is 18.7. The van der Waals surface area contributed by atoms with E-state index in [0.717, 1.165) is 24.2 Å². The molecule has 1 saturated heterocycles. The molecule has 34 heavy (non-hydrogen) atoms. The molecule has 3 aromatic heterocycles. The van der Waals surface area contributed by atoms with E-state index in [0.29, 0.717) is 31.0 Å². The van der Waals surface area contributed by atoms with Crippen LogP contribution in [0.3, 0.4) is 0 Å². The fourth-order valence-electron chi connectivity index (χ4n) is 4.35. The van der Waals surface area contributed by atoms with Gasteiger partial charge < -0.3 is 14.8 Å². The van der Waals surface area contributed by atoms with Crippen molar-refractivity contribution < 1.29 is 9.59 Å². The summed E-state index contributed by atoms with van der Waals surface area (Å²) in [5.74, 6) is 0.269. The zero-order valence-electron chi connectivity index (χ0n) is 18.7. The number of carbonyl (C=O) groups excluding carboxylic acids is 2. The Kier molecular flexibility index (Phi) is 6.20. The topological polar surface area (TPSA) is 85.1 Å². The fraction of sp³-hybridized carbons (Fsp3) is 0.231. The van der Waals surface area contributed by atoms with Gasteiger partial charge >= 0.3 is 0 Å². The van der Waals surface area contributed by atoms with E-state index < -0.39 is 0 Å². The van der Waals surface area contributed by atoms with Gasteiger partial charge in [0.2, 0.25) is 5.91 Å². The standard InChI is InChI=1S/C26H26N6O2/c33-24(28-17-21-10-4-5-13-27-21)20-9-8-16-31(19-20)26(34)23-18-29-32(22-11-2-1-3-12-22)25(23)30-14-6-7-15-30/h1-7,10-15,18,20H,8-9,16-17,19H2,(H,28,33)/t20-/m1/s1. The Morgan fingerprint density at radius 2 is 1.79 bits per heavy atom. The lowest BCUT2D eigenvalue weighted by molar-refractivity contribution is -0.126. The number of rotatable bonds is 6. The van der Waals surface area contributed by atoms with Gasteiger partial charge in [-0.15, -0.1) is 0 Å². The van der Waals surface area contributed by atoms with Crippen molar-refractivity contribution in [2.75, 3.05) is 13.1 Å². The van der Waals surface area contributed by atoms with Gasteiger partial charge in [-0.25, -0.2) is 4.68 Å². The lowest BCUT2D eigenvalue weighted by Crippen LogP contribution is -2.45. The minimum atomic E-state index is -0.249. The van der Waals surface area contributed by atoms with Gasteiger partial charge in [-0.2, -0.15) is 5.10 Å². The summed E-state index contributed by atoms with van der Waals surface area (Å²) in [5, 5.41) is 7.50. The van der Waals surface area contributed by atoms with Crippen molar-refractivity contribution >= 4 is 11.8 Å². The predicted molar refractivity (Wildman–Crippen MR) is 128 cm³/mol. The Morgan fingerprint density at radius 1 is 1.00 bits per heavy atom. The molecule has 0 radical (unpaired) electrons. The molecule has 172 valence electrons. The van der Waals surface area contributed by atoms with Crippen LogP contribution in [0.1, 0.15) is 28.9 Å². The van der Waals surface area contributed by atoms with Crippen LogP contribution in [0.2, 0.25) is 0 Å². The summed E-state index contributed by atoms with van der Waals surface area (Å²) < 4.78 is 3.67. The number of pyridine rings is 1. The van der Waals surface area contributed by atoms with Crippen LogP contribution in [0.25, 0.3) is 11.5 Å². The van der Waals surface area contributed by atoms with Crippen molar-refractivity contribution in [2.24, 2.45) is 5.92 Å². The van der Waals surface area contributed by atoms with Gasteiger partial charge in [0.15, 0.2) is 5.82 Å². The Bertz CT molecular complexity index is 1250. The number of hydrogen-bond acceptors (Lipinski definition) is 4. The number of amides is 2. The number of nitrogens with zero attached hydrogens (tertiary/aromatic N) is 5. The molecular weight excluding hydrogens is 428 g/mol. The van der Waals surface area contributed by atoms with E-state index in [1.165, 1.54) is 0 Å². The SMILES string of the molecule is O=C(NCc1ccccn1)[C@@H]1CCCN(C(=O)c2cnn(-c3ccccc3)c2-n2cccc2)C1. The molecule has 1 fully saturated rings. The third kappa shape index (κ3) is 4.47. The zero-order chi connectivity index (χ0) is 23.3. The van der Waals surface area contributed by atoms with Crippen LogP contribution in [-0.4, -0.2) is 49.1 Å². The number of carbonyl (C=O) groups is 2. The first-order valence-electron chi connectivity index (χ1n) is 11.4. The molecule has 1 aliphatic rings. The van der Waals surface area contributed by atoms with Crippen LogP contribution in [0.5, 0.6) is 0 Å². The van der Waals surface area contributed by atoms with E-state index in [-0.39, 0.29) is 17.7 Å².